The smallest absolute Gasteiger partial charge is 0.243 e. The predicted octanol–water partition coefficient (Wildman–Crippen LogP) is 4.16. The van der Waals surface area contributed by atoms with Crippen molar-refractivity contribution in [2.45, 2.75) is 89.1 Å². The molecule has 212 valence electrons. The van der Waals surface area contributed by atoms with Crippen molar-refractivity contribution < 1.29 is 19.1 Å². The lowest BCUT2D eigenvalue weighted by Crippen LogP contribution is -2.58. The fraction of sp³-hybridized carbons (Fsp3) is 0.656. The van der Waals surface area contributed by atoms with Gasteiger partial charge in [-0.25, -0.2) is 0 Å². The third kappa shape index (κ3) is 7.10. The largest absolute Gasteiger partial charge is 0.381 e. The van der Waals surface area contributed by atoms with Crippen LogP contribution >= 0.6 is 0 Å². The van der Waals surface area contributed by atoms with Crippen LogP contribution < -0.4 is 10.6 Å². The minimum Gasteiger partial charge on any atom is -0.381 e. The first kappa shape index (κ1) is 27.9. The van der Waals surface area contributed by atoms with Crippen molar-refractivity contribution in [3.63, 3.8) is 0 Å². The fourth-order valence-corrected chi connectivity index (χ4v) is 6.99. The second-order valence-electron chi connectivity index (χ2n) is 12.2. The molecule has 1 saturated carbocycles. The second kappa shape index (κ2) is 13.1. The number of hydrogen-bond donors (Lipinski definition) is 2. The Morgan fingerprint density at radius 3 is 2.54 bits per heavy atom. The summed E-state index contributed by atoms with van der Waals surface area (Å²) in [4.78, 5) is 42.6. The highest BCUT2D eigenvalue weighted by atomic mass is 16.5. The van der Waals surface area contributed by atoms with E-state index in [9.17, 15) is 14.4 Å². The normalized spacial score (nSPS) is 29.0. The Balaban J connectivity index is 1.32. The van der Waals surface area contributed by atoms with E-state index < -0.39 is 11.5 Å². The van der Waals surface area contributed by atoms with E-state index in [0.29, 0.717) is 64.3 Å². The quantitative estimate of drug-likeness (QED) is 0.554. The van der Waals surface area contributed by atoms with Crippen LogP contribution in [0.5, 0.6) is 0 Å². The molecule has 3 amide bonds. The number of piperidine rings is 1. The summed E-state index contributed by atoms with van der Waals surface area (Å²) in [7, 11) is 0. The number of nitrogens with one attached hydrogen (secondary N) is 2. The van der Waals surface area contributed by atoms with Gasteiger partial charge in [-0.3, -0.25) is 14.4 Å². The molecule has 3 fully saturated rings. The summed E-state index contributed by atoms with van der Waals surface area (Å²) in [5.41, 5.74) is 0.461. The minimum atomic E-state index is -0.644. The van der Waals surface area contributed by atoms with Crippen LogP contribution in [-0.2, 0) is 25.5 Å². The molecule has 1 aromatic carbocycles. The van der Waals surface area contributed by atoms with Gasteiger partial charge in [0, 0.05) is 51.1 Å². The lowest BCUT2D eigenvalue weighted by atomic mass is 9.75. The van der Waals surface area contributed by atoms with Gasteiger partial charge in [0.05, 0.1) is 5.41 Å². The molecule has 3 atom stereocenters. The number of allylic oxidation sites excluding steroid dienone is 2. The van der Waals surface area contributed by atoms with Gasteiger partial charge in [0.15, 0.2) is 0 Å². The first-order valence-electron chi connectivity index (χ1n) is 15.2. The molecule has 0 aromatic heterocycles. The highest BCUT2D eigenvalue weighted by Gasteiger charge is 2.41. The van der Waals surface area contributed by atoms with E-state index in [2.05, 4.69) is 22.8 Å². The van der Waals surface area contributed by atoms with Gasteiger partial charge in [-0.05, 0) is 50.0 Å². The summed E-state index contributed by atoms with van der Waals surface area (Å²) in [6, 6.07) is 9.22. The Labute approximate surface area is 233 Å². The van der Waals surface area contributed by atoms with Gasteiger partial charge in [-0.2, -0.15) is 0 Å². The average Bonchev–Trinajstić information content (AvgIpc) is 3.49. The maximum atomic E-state index is 13.7. The number of hydrogen-bond acceptors (Lipinski definition) is 4. The first-order chi connectivity index (χ1) is 19.0. The average molecular weight is 536 g/mol. The molecule has 39 heavy (non-hydrogen) atoms. The third-order valence-electron chi connectivity index (χ3n) is 9.61. The van der Waals surface area contributed by atoms with Crippen molar-refractivity contribution >= 4 is 17.7 Å². The van der Waals surface area contributed by atoms with Crippen molar-refractivity contribution in [1.29, 1.82) is 0 Å². The van der Waals surface area contributed by atoms with Crippen LogP contribution in [0.4, 0.5) is 0 Å². The van der Waals surface area contributed by atoms with Crippen LogP contribution in [0.15, 0.2) is 42.5 Å². The molecule has 0 radical (unpaired) electrons. The zero-order chi connectivity index (χ0) is 27.1. The fourth-order valence-electron chi connectivity index (χ4n) is 6.99. The number of ether oxygens (including phenoxy) is 1. The lowest BCUT2D eigenvalue weighted by molar-refractivity contribution is -0.140. The summed E-state index contributed by atoms with van der Waals surface area (Å²) < 4.78 is 5.60. The van der Waals surface area contributed by atoms with Crippen LogP contribution in [0.2, 0.25) is 0 Å². The summed E-state index contributed by atoms with van der Waals surface area (Å²) in [6.45, 7) is 2.46. The summed E-state index contributed by atoms with van der Waals surface area (Å²) >= 11 is 0. The molecular weight excluding hydrogens is 490 g/mol. The van der Waals surface area contributed by atoms with E-state index >= 15 is 0 Å². The van der Waals surface area contributed by atoms with Crippen LogP contribution in [-0.4, -0.2) is 61.0 Å². The van der Waals surface area contributed by atoms with Gasteiger partial charge >= 0.3 is 0 Å². The number of benzene rings is 1. The Bertz CT molecular complexity index is 1010. The Kier molecular flexibility index (Phi) is 9.38. The maximum Gasteiger partial charge on any atom is 0.243 e. The molecule has 2 N–H and O–H groups in total. The monoisotopic (exact) mass is 535 g/mol. The van der Waals surface area contributed by atoms with Crippen LogP contribution in [0, 0.1) is 17.3 Å². The zero-order valence-electron chi connectivity index (χ0n) is 23.2. The Hall–Kier alpha value is -2.67. The molecule has 1 aromatic rings. The third-order valence-corrected chi connectivity index (χ3v) is 9.61. The molecule has 1 aliphatic carbocycles. The number of nitrogens with zero attached hydrogens (tertiary/aromatic N) is 1. The molecule has 2 saturated heterocycles. The van der Waals surface area contributed by atoms with Crippen molar-refractivity contribution in [1.82, 2.24) is 15.5 Å². The highest BCUT2D eigenvalue weighted by Crippen LogP contribution is 2.36. The van der Waals surface area contributed by atoms with Crippen LogP contribution in [0.25, 0.3) is 0 Å². The molecule has 7 heteroatoms. The molecular formula is C32H45N3O4. The van der Waals surface area contributed by atoms with Gasteiger partial charge in [-0.15, -0.1) is 0 Å². The summed E-state index contributed by atoms with van der Waals surface area (Å²) in [5.74, 6) is 0.954. The summed E-state index contributed by atoms with van der Waals surface area (Å²) in [5, 5.41) is 6.46. The van der Waals surface area contributed by atoms with E-state index in [4.69, 9.17) is 4.74 Å². The molecule has 1 spiro atoms. The molecule has 3 heterocycles. The number of carbonyl (C=O) groups is 3. The Morgan fingerprint density at radius 2 is 1.77 bits per heavy atom. The van der Waals surface area contributed by atoms with Crippen molar-refractivity contribution in [3.8, 4) is 0 Å². The first-order valence-corrected chi connectivity index (χ1v) is 15.2. The number of carbonyl (C=O) groups excluding carboxylic acids is 3. The lowest BCUT2D eigenvalue weighted by Gasteiger charge is -2.40. The van der Waals surface area contributed by atoms with Gasteiger partial charge in [0.25, 0.3) is 0 Å². The minimum absolute atomic E-state index is 0.0207. The van der Waals surface area contributed by atoms with E-state index in [-0.39, 0.29) is 29.7 Å². The molecule has 4 aliphatic rings. The topological polar surface area (TPSA) is 87.7 Å². The standard InChI is InChI=1S/C32H45N3O4/c36-29(14-13-24-8-4-5-9-24)35-19-15-27-26(23-35)12-6-7-16-32(17-20-39-21-18-32)31(38)34-28(30(37)33-27)22-25-10-2-1-3-11-25/h1-3,6-7,10-11,24,26-28H,4-5,8-9,12-23H2,(H,33,37)(H,34,38)/b7-6+/t26-,27+,28-/m1/s1. The number of amides is 3. The maximum absolute atomic E-state index is 13.7. The van der Waals surface area contributed by atoms with E-state index in [1.165, 1.54) is 25.7 Å². The van der Waals surface area contributed by atoms with Crippen LogP contribution in [0.1, 0.15) is 76.2 Å². The molecule has 3 aliphatic heterocycles. The number of rotatable bonds is 5. The Morgan fingerprint density at radius 1 is 1.00 bits per heavy atom. The molecule has 0 unspecified atom stereocenters. The van der Waals surface area contributed by atoms with Gasteiger partial charge in [-0.1, -0.05) is 68.2 Å². The SMILES string of the molecule is O=C1N[C@H]2CCN(C(=O)CCC3CCCC3)C[C@H]2C/C=C/CC2(CCOCC2)C(=O)N[C@@H]1Cc1ccccc1. The molecule has 7 nitrogen and oxygen atoms in total. The van der Waals surface area contributed by atoms with E-state index in [1.54, 1.807) is 0 Å². The second-order valence-corrected chi connectivity index (χ2v) is 12.2. The van der Waals surface area contributed by atoms with Crippen molar-refractivity contribution in [3.05, 3.63) is 48.0 Å². The van der Waals surface area contributed by atoms with Crippen molar-refractivity contribution in [2.24, 2.45) is 17.3 Å². The van der Waals surface area contributed by atoms with Gasteiger partial charge < -0.3 is 20.3 Å². The molecule has 0 bridgehead atoms. The van der Waals surface area contributed by atoms with E-state index in [0.717, 1.165) is 24.8 Å². The zero-order valence-corrected chi connectivity index (χ0v) is 23.2. The van der Waals surface area contributed by atoms with Gasteiger partial charge in [0.2, 0.25) is 17.7 Å². The van der Waals surface area contributed by atoms with E-state index in [1.807, 2.05) is 35.2 Å². The van der Waals surface area contributed by atoms with Gasteiger partial charge in [0.1, 0.15) is 6.04 Å². The van der Waals surface area contributed by atoms with Crippen LogP contribution in [0.3, 0.4) is 0 Å². The predicted molar refractivity (Wildman–Crippen MR) is 151 cm³/mol. The number of fused-ring (bicyclic) bond motifs is 1. The summed E-state index contributed by atoms with van der Waals surface area (Å²) in [6.07, 6.45) is 15.0. The van der Waals surface area contributed by atoms with Crippen molar-refractivity contribution in [2.75, 3.05) is 26.3 Å². The molecule has 5 rings (SSSR count). The highest BCUT2D eigenvalue weighted by molar-refractivity contribution is 5.90. The number of likely N-dealkylation sites (tertiary alicyclic amines) is 1.